The summed E-state index contributed by atoms with van der Waals surface area (Å²) in [6.07, 6.45) is 4.23. The predicted octanol–water partition coefficient (Wildman–Crippen LogP) is 4.16. The summed E-state index contributed by atoms with van der Waals surface area (Å²) in [5, 5.41) is 3.26. The highest BCUT2D eigenvalue weighted by Crippen LogP contribution is 2.24. The number of benzene rings is 1. The van der Waals surface area contributed by atoms with Gasteiger partial charge in [0.25, 0.3) is 0 Å². The van der Waals surface area contributed by atoms with Crippen molar-refractivity contribution in [3.8, 4) is 0 Å². The molecule has 4 nitrogen and oxygen atoms in total. The van der Waals surface area contributed by atoms with E-state index in [0.717, 1.165) is 11.1 Å². The minimum atomic E-state index is -0.474. The van der Waals surface area contributed by atoms with E-state index in [1.54, 1.807) is 0 Å². The number of alkyl carbamates (subject to hydrolysis) is 1. The van der Waals surface area contributed by atoms with Gasteiger partial charge in [0.15, 0.2) is 0 Å². The lowest BCUT2D eigenvalue weighted by molar-refractivity contribution is 0.0529. The predicted molar refractivity (Wildman–Crippen MR) is 88.5 cm³/mol. The van der Waals surface area contributed by atoms with Gasteiger partial charge in [-0.3, -0.25) is 0 Å². The minimum Gasteiger partial charge on any atom is -0.444 e. The van der Waals surface area contributed by atoms with Crippen LogP contribution in [0.2, 0.25) is 5.02 Å². The van der Waals surface area contributed by atoms with Crippen LogP contribution in [0, 0.1) is 6.92 Å². The Hall–Kier alpha value is -1.68. The van der Waals surface area contributed by atoms with E-state index in [1.165, 1.54) is 0 Å². The lowest BCUT2D eigenvalue weighted by Crippen LogP contribution is -2.32. The van der Waals surface area contributed by atoms with Crippen LogP contribution >= 0.6 is 11.6 Å². The van der Waals surface area contributed by atoms with E-state index in [1.807, 2.05) is 52.0 Å². The number of nitrogens with one attached hydrogen (secondary N) is 1. The highest BCUT2D eigenvalue weighted by molar-refractivity contribution is 6.33. The fourth-order valence-corrected chi connectivity index (χ4v) is 1.94. The van der Waals surface area contributed by atoms with Gasteiger partial charge in [-0.15, -0.1) is 0 Å². The first-order chi connectivity index (χ1) is 9.69. The second-order valence-electron chi connectivity index (χ2n) is 5.85. The van der Waals surface area contributed by atoms with E-state index < -0.39 is 11.7 Å². The molecule has 3 N–H and O–H groups in total. The first-order valence-electron chi connectivity index (χ1n) is 6.88. The van der Waals surface area contributed by atoms with E-state index in [4.69, 9.17) is 22.1 Å². The summed E-state index contributed by atoms with van der Waals surface area (Å²) in [5.74, 6) is 0. The van der Waals surface area contributed by atoms with Crippen LogP contribution in [0.25, 0.3) is 6.08 Å². The molecule has 0 spiro atoms. The first-order valence-corrected chi connectivity index (χ1v) is 7.26. The molecule has 1 aromatic rings. The van der Waals surface area contributed by atoms with Gasteiger partial charge in [0, 0.05) is 6.54 Å². The zero-order valence-electron chi connectivity index (χ0n) is 13.0. The topological polar surface area (TPSA) is 64.3 Å². The third-order valence-electron chi connectivity index (χ3n) is 2.65. The third-order valence-corrected chi connectivity index (χ3v) is 2.96. The zero-order valence-corrected chi connectivity index (χ0v) is 13.8. The van der Waals surface area contributed by atoms with Gasteiger partial charge in [0.2, 0.25) is 0 Å². The molecular formula is C16H23ClN2O2. The molecule has 0 radical (unpaired) electrons. The number of halogens is 1. The molecule has 1 amide bonds. The Kier molecular flexibility index (Phi) is 6.09. The maximum Gasteiger partial charge on any atom is 0.407 e. The second kappa shape index (κ2) is 7.36. The SMILES string of the molecule is Cc1cc(C=CCCNC(=O)OC(C)(C)C)cc(Cl)c1N. The van der Waals surface area contributed by atoms with Crippen molar-refractivity contribution in [2.45, 2.75) is 39.7 Å². The van der Waals surface area contributed by atoms with Crippen LogP contribution in [0.3, 0.4) is 0 Å². The van der Waals surface area contributed by atoms with Gasteiger partial charge in [0.1, 0.15) is 5.60 Å². The van der Waals surface area contributed by atoms with Crippen molar-refractivity contribution < 1.29 is 9.53 Å². The molecule has 0 aliphatic rings. The summed E-state index contributed by atoms with van der Waals surface area (Å²) in [5.41, 5.74) is 7.87. The van der Waals surface area contributed by atoms with Crippen LogP contribution in [0.5, 0.6) is 0 Å². The van der Waals surface area contributed by atoms with Crippen molar-refractivity contribution in [2.75, 3.05) is 12.3 Å². The summed E-state index contributed by atoms with van der Waals surface area (Å²) in [6, 6.07) is 3.79. The number of nitrogen functional groups attached to an aromatic ring is 1. The van der Waals surface area contributed by atoms with Gasteiger partial charge >= 0.3 is 6.09 Å². The number of carbonyl (C=O) groups excluding carboxylic acids is 1. The number of aryl methyl sites for hydroxylation is 1. The molecule has 0 unspecified atom stereocenters. The smallest absolute Gasteiger partial charge is 0.407 e. The minimum absolute atomic E-state index is 0.401. The van der Waals surface area contributed by atoms with Gasteiger partial charge in [-0.25, -0.2) is 4.79 Å². The van der Waals surface area contributed by atoms with E-state index in [2.05, 4.69) is 5.32 Å². The van der Waals surface area contributed by atoms with Crippen LogP contribution in [0.15, 0.2) is 18.2 Å². The molecule has 0 heterocycles. The number of hydrogen-bond acceptors (Lipinski definition) is 3. The van der Waals surface area contributed by atoms with E-state index >= 15 is 0 Å². The van der Waals surface area contributed by atoms with E-state index in [9.17, 15) is 4.79 Å². The summed E-state index contributed by atoms with van der Waals surface area (Å²) < 4.78 is 5.14. The Morgan fingerprint density at radius 1 is 1.43 bits per heavy atom. The lowest BCUT2D eigenvalue weighted by atomic mass is 10.1. The Balaban J connectivity index is 2.41. The molecule has 1 aromatic carbocycles. The molecule has 0 saturated heterocycles. The number of carbonyl (C=O) groups is 1. The van der Waals surface area contributed by atoms with Crippen LogP contribution in [-0.2, 0) is 4.74 Å². The Morgan fingerprint density at radius 2 is 2.10 bits per heavy atom. The fraction of sp³-hybridized carbons (Fsp3) is 0.438. The standard InChI is InChI=1S/C16H23ClN2O2/c1-11-9-12(10-13(17)14(11)18)7-5-6-8-19-15(20)21-16(2,3)4/h5,7,9-10H,6,8,18H2,1-4H3,(H,19,20). The van der Waals surface area contributed by atoms with Crippen LogP contribution in [0.1, 0.15) is 38.3 Å². The van der Waals surface area contributed by atoms with Crippen molar-refractivity contribution in [2.24, 2.45) is 0 Å². The molecule has 21 heavy (non-hydrogen) atoms. The number of anilines is 1. The fourth-order valence-electron chi connectivity index (χ4n) is 1.67. The lowest BCUT2D eigenvalue weighted by Gasteiger charge is -2.19. The van der Waals surface area contributed by atoms with E-state index in [-0.39, 0.29) is 0 Å². The Bertz CT molecular complexity index is 511. The molecule has 0 aromatic heterocycles. The number of hydrogen-bond donors (Lipinski definition) is 2. The highest BCUT2D eigenvalue weighted by Gasteiger charge is 2.15. The van der Waals surface area contributed by atoms with Gasteiger partial charge < -0.3 is 15.8 Å². The maximum atomic E-state index is 11.4. The average molecular weight is 311 g/mol. The van der Waals surface area contributed by atoms with E-state index in [0.29, 0.717) is 23.7 Å². The Morgan fingerprint density at radius 3 is 2.67 bits per heavy atom. The number of nitrogens with two attached hydrogens (primary N) is 1. The van der Waals surface area contributed by atoms with Crippen molar-refractivity contribution >= 4 is 29.5 Å². The highest BCUT2D eigenvalue weighted by atomic mass is 35.5. The molecule has 1 rings (SSSR count). The molecule has 5 heteroatoms. The summed E-state index contributed by atoms with van der Waals surface area (Å²) in [6.45, 7) is 7.94. The van der Waals surface area contributed by atoms with Crippen molar-refractivity contribution in [3.05, 3.63) is 34.4 Å². The number of ether oxygens (including phenoxy) is 1. The largest absolute Gasteiger partial charge is 0.444 e. The molecule has 0 aliphatic heterocycles. The molecule has 0 atom stereocenters. The van der Waals surface area contributed by atoms with Crippen molar-refractivity contribution in [1.29, 1.82) is 0 Å². The van der Waals surface area contributed by atoms with Gasteiger partial charge in [-0.2, -0.15) is 0 Å². The van der Waals surface area contributed by atoms with Gasteiger partial charge in [0.05, 0.1) is 10.7 Å². The second-order valence-corrected chi connectivity index (χ2v) is 6.26. The molecule has 0 bridgehead atoms. The van der Waals surface area contributed by atoms with Crippen LogP contribution in [0.4, 0.5) is 10.5 Å². The van der Waals surface area contributed by atoms with Crippen molar-refractivity contribution in [3.63, 3.8) is 0 Å². The number of amides is 1. The van der Waals surface area contributed by atoms with Gasteiger partial charge in [-0.05, 0) is 57.4 Å². The normalized spacial score (nSPS) is 11.7. The number of rotatable bonds is 4. The summed E-state index contributed by atoms with van der Waals surface area (Å²) in [4.78, 5) is 11.4. The molecule has 0 fully saturated rings. The summed E-state index contributed by atoms with van der Waals surface area (Å²) in [7, 11) is 0. The van der Waals surface area contributed by atoms with Crippen molar-refractivity contribution in [1.82, 2.24) is 5.32 Å². The maximum absolute atomic E-state index is 11.4. The molecule has 0 aliphatic carbocycles. The first kappa shape index (κ1) is 17.4. The Labute approximate surface area is 131 Å². The molecule has 116 valence electrons. The van der Waals surface area contributed by atoms with Gasteiger partial charge in [-0.1, -0.05) is 23.8 Å². The molecule has 0 saturated carbocycles. The average Bonchev–Trinajstić information content (AvgIpc) is 2.33. The van der Waals surface area contributed by atoms with Crippen LogP contribution in [-0.4, -0.2) is 18.2 Å². The third kappa shape index (κ3) is 6.54. The van der Waals surface area contributed by atoms with Crippen LogP contribution < -0.4 is 11.1 Å². The summed E-state index contributed by atoms with van der Waals surface area (Å²) >= 11 is 6.03. The monoisotopic (exact) mass is 310 g/mol. The quantitative estimate of drug-likeness (QED) is 0.648. The molecular weight excluding hydrogens is 288 g/mol. The zero-order chi connectivity index (χ0) is 16.0.